The molecule has 1 N–H and O–H groups in total. The third-order valence-corrected chi connectivity index (χ3v) is 3.02. The Kier molecular flexibility index (Phi) is 6.06. The summed E-state index contributed by atoms with van der Waals surface area (Å²) in [5, 5.41) is 2.78. The summed E-state index contributed by atoms with van der Waals surface area (Å²) in [5.41, 5.74) is 2.11. The first-order valence-electron chi connectivity index (χ1n) is 6.72. The number of nitrogens with zero attached hydrogens (tertiary/aromatic N) is 1. The Morgan fingerprint density at radius 3 is 2.26 bits per heavy atom. The number of anilines is 1. The maximum atomic E-state index is 11.7. The molecular weight excluding hydrogens is 240 g/mol. The average molecular weight is 262 g/mol. The van der Waals surface area contributed by atoms with E-state index in [9.17, 15) is 9.59 Å². The molecule has 0 bridgehead atoms. The van der Waals surface area contributed by atoms with Gasteiger partial charge in [0.15, 0.2) is 0 Å². The molecule has 0 fully saturated rings. The van der Waals surface area contributed by atoms with Gasteiger partial charge in [-0.1, -0.05) is 26.0 Å². The number of amides is 2. The smallest absolute Gasteiger partial charge is 0.223 e. The van der Waals surface area contributed by atoms with Gasteiger partial charge in [0.25, 0.3) is 0 Å². The predicted molar refractivity (Wildman–Crippen MR) is 77.1 cm³/mol. The van der Waals surface area contributed by atoms with Crippen molar-refractivity contribution in [3.8, 4) is 0 Å². The summed E-state index contributed by atoms with van der Waals surface area (Å²) in [5.74, 6) is -0.0140. The van der Waals surface area contributed by atoms with Crippen molar-refractivity contribution >= 4 is 17.5 Å². The normalized spacial score (nSPS) is 10.1. The molecule has 1 aromatic rings. The molecule has 1 rings (SSSR count). The fourth-order valence-corrected chi connectivity index (χ4v) is 1.81. The van der Waals surface area contributed by atoms with Gasteiger partial charge >= 0.3 is 0 Å². The largest absolute Gasteiger partial charge is 0.354 e. The zero-order valence-corrected chi connectivity index (χ0v) is 11.9. The number of carbonyl (C=O) groups is 2. The fourth-order valence-electron chi connectivity index (χ4n) is 1.81. The first-order chi connectivity index (χ1) is 9.08. The lowest BCUT2D eigenvalue weighted by molar-refractivity contribution is -0.121. The summed E-state index contributed by atoms with van der Waals surface area (Å²) in [6, 6.07) is 7.94. The third kappa shape index (κ3) is 4.73. The second-order valence-corrected chi connectivity index (χ2v) is 4.39. The highest BCUT2D eigenvalue weighted by molar-refractivity contribution is 5.91. The Labute approximate surface area is 114 Å². The van der Waals surface area contributed by atoms with Crippen LogP contribution in [0.5, 0.6) is 0 Å². The summed E-state index contributed by atoms with van der Waals surface area (Å²) in [6.07, 6.45) is 1.44. The van der Waals surface area contributed by atoms with E-state index in [-0.39, 0.29) is 11.8 Å². The van der Waals surface area contributed by atoms with Crippen LogP contribution in [-0.2, 0) is 16.0 Å². The standard InChI is InChI=1S/C15H22N2O2/c1-4-13-6-8-14(9-7-13)17(12(3)18)11-10-16-15(19)5-2/h6-9H,4-5,10-11H2,1-3H3,(H,16,19). The van der Waals surface area contributed by atoms with Crippen LogP contribution in [0.2, 0.25) is 0 Å². The molecule has 19 heavy (non-hydrogen) atoms. The van der Waals surface area contributed by atoms with Crippen molar-refractivity contribution in [2.24, 2.45) is 0 Å². The van der Waals surface area contributed by atoms with E-state index in [2.05, 4.69) is 12.2 Å². The summed E-state index contributed by atoms with van der Waals surface area (Å²) >= 11 is 0. The molecule has 104 valence electrons. The highest BCUT2D eigenvalue weighted by atomic mass is 16.2. The Hall–Kier alpha value is -1.84. The summed E-state index contributed by atoms with van der Waals surface area (Å²) in [4.78, 5) is 24.5. The molecule has 0 aromatic heterocycles. The zero-order valence-electron chi connectivity index (χ0n) is 11.9. The van der Waals surface area contributed by atoms with E-state index in [0.29, 0.717) is 19.5 Å². The molecule has 0 radical (unpaired) electrons. The molecule has 0 unspecified atom stereocenters. The van der Waals surface area contributed by atoms with Crippen molar-refractivity contribution in [3.63, 3.8) is 0 Å². The van der Waals surface area contributed by atoms with Crippen molar-refractivity contribution in [3.05, 3.63) is 29.8 Å². The minimum atomic E-state index is -0.0185. The van der Waals surface area contributed by atoms with E-state index in [1.165, 1.54) is 12.5 Å². The lowest BCUT2D eigenvalue weighted by atomic mass is 10.1. The van der Waals surface area contributed by atoms with E-state index >= 15 is 0 Å². The molecule has 4 nitrogen and oxygen atoms in total. The fraction of sp³-hybridized carbons (Fsp3) is 0.467. The Morgan fingerprint density at radius 2 is 1.79 bits per heavy atom. The van der Waals surface area contributed by atoms with Crippen LogP contribution in [0, 0.1) is 0 Å². The van der Waals surface area contributed by atoms with Gasteiger partial charge in [0, 0.05) is 32.1 Å². The van der Waals surface area contributed by atoms with Gasteiger partial charge in [0.2, 0.25) is 11.8 Å². The molecule has 0 atom stereocenters. The molecular formula is C15H22N2O2. The maximum Gasteiger partial charge on any atom is 0.223 e. The van der Waals surface area contributed by atoms with E-state index in [1.54, 1.807) is 4.90 Å². The number of aryl methyl sites for hydroxylation is 1. The minimum Gasteiger partial charge on any atom is -0.354 e. The Balaban J connectivity index is 2.66. The number of rotatable bonds is 6. The van der Waals surface area contributed by atoms with Gasteiger partial charge < -0.3 is 10.2 Å². The topological polar surface area (TPSA) is 49.4 Å². The van der Waals surface area contributed by atoms with Gasteiger partial charge in [-0.2, -0.15) is 0 Å². The number of benzene rings is 1. The second-order valence-electron chi connectivity index (χ2n) is 4.39. The van der Waals surface area contributed by atoms with Gasteiger partial charge in [0.05, 0.1) is 0 Å². The summed E-state index contributed by atoms with van der Waals surface area (Å²) in [7, 11) is 0. The second kappa shape index (κ2) is 7.56. The lowest BCUT2D eigenvalue weighted by Crippen LogP contribution is -2.37. The molecule has 0 aliphatic rings. The molecule has 2 amide bonds. The molecule has 4 heteroatoms. The Bertz CT molecular complexity index is 426. The molecule has 0 aliphatic carbocycles. The van der Waals surface area contributed by atoms with Crippen LogP contribution >= 0.6 is 0 Å². The van der Waals surface area contributed by atoms with E-state index < -0.39 is 0 Å². The number of hydrogen-bond donors (Lipinski definition) is 1. The van der Waals surface area contributed by atoms with Crippen LogP contribution in [0.25, 0.3) is 0 Å². The van der Waals surface area contributed by atoms with E-state index in [0.717, 1.165) is 12.1 Å². The van der Waals surface area contributed by atoms with Crippen molar-refractivity contribution in [2.75, 3.05) is 18.0 Å². The van der Waals surface area contributed by atoms with Crippen LogP contribution in [0.3, 0.4) is 0 Å². The molecule has 0 saturated heterocycles. The quantitative estimate of drug-likeness (QED) is 0.853. The number of nitrogens with one attached hydrogen (secondary N) is 1. The van der Waals surface area contributed by atoms with Crippen molar-refractivity contribution in [1.29, 1.82) is 0 Å². The first kappa shape index (κ1) is 15.2. The van der Waals surface area contributed by atoms with Crippen molar-refractivity contribution < 1.29 is 9.59 Å². The first-order valence-corrected chi connectivity index (χ1v) is 6.72. The van der Waals surface area contributed by atoms with Gasteiger partial charge in [-0.25, -0.2) is 0 Å². The van der Waals surface area contributed by atoms with Gasteiger partial charge in [-0.05, 0) is 24.1 Å². The van der Waals surface area contributed by atoms with Crippen LogP contribution in [-0.4, -0.2) is 24.9 Å². The van der Waals surface area contributed by atoms with Gasteiger partial charge in [-0.3, -0.25) is 9.59 Å². The SMILES string of the molecule is CCC(=O)NCCN(C(C)=O)c1ccc(CC)cc1. The maximum absolute atomic E-state index is 11.7. The Morgan fingerprint density at radius 1 is 1.16 bits per heavy atom. The summed E-state index contributed by atoms with van der Waals surface area (Å²) in [6.45, 7) is 6.41. The van der Waals surface area contributed by atoms with Gasteiger partial charge in [-0.15, -0.1) is 0 Å². The number of hydrogen-bond acceptors (Lipinski definition) is 2. The van der Waals surface area contributed by atoms with E-state index in [4.69, 9.17) is 0 Å². The monoisotopic (exact) mass is 262 g/mol. The van der Waals surface area contributed by atoms with Crippen LogP contribution < -0.4 is 10.2 Å². The molecule has 0 heterocycles. The highest BCUT2D eigenvalue weighted by Gasteiger charge is 2.11. The zero-order chi connectivity index (χ0) is 14.3. The molecule has 1 aromatic carbocycles. The summed E-state index contributed by atoms with van der Waals surface area (Å²) < 4.78 is 0. The van der Waals surface area contributed by atoms with Crippen molar-refractivity contribution in [1.82, 2.24) is 5.32 Å². The minimum absolute atomic E-state index is 0.00447. The van der Waals surface area contributed by atoms with Crippen molar-refractivity contribution in [2.45, 2.75) is 33.6 Å². The highest BCUT2D eigenvalue weighted by Crippen LogP contribution is 2.15. The van der Waals surface area contributed by atoms with Crippen LogP contribution in [0.15, 0.2) is 24.3 Å². The van der Waals surface area contributed by atoms with Crippen LogP contribution in [0.4, 0.5) is 5.69 Å². The lowest BCUT2D eigenvalue weighted by Gasteiger charge is -2.21. The molecule has 0 aliphatic heterocycles. The third-order valence-electron chi connectivity index (χ3n) is 3.02. The average Bonchev–Trinajstić information content (AvgIpc) is 2.43. The number of carbonyl (C=O) groups excluding carboxylic acids is 2. The predicted octanol–water partition coefficient (Wildman–Crippen LogP) is 2.13. The van der Waals surface area contributed by atoms with Gasteiger partial charge in [0.1, 0.15) is 0 Å². The van der Waals surface area contributed by atoms with E-state index in [1.807, 2.05) is 31.2 Å². The molecule has 0 saturated carbocycles. The van der Waals surface area contributed by atoms with Crippen LogP contribution in [0.1, 0.15) is 32.8 Å². The molecule has 0 spiro atoms.